The summed E-state index contributed by atoms with van der Waals surface area (Å²) < 4.78 is 0. The number of ketones is 1. The van der Waals surface area contributed by atoms with Crippen molar-refractivity contribution in [3.8, 4) is 0 Å². The predicted molar refractivity (Wildman–Crippen MR) is 124 cm³/mol. The van der Waals surface area contributed by atoms with Crippen molar-refractivity contribution >= 4 is 23.5 Å². The Morgan fingerprint density at radius 1 is 0.935 bits per heavy atom. The maximum atomic E-state index is 13.3. The van der Waals surface area contributed by atoms with Crippen molar-refractivity contribution in [2.24, 2.45) is 5.92 Å². The van der Waals surface area contributed by atoms with Crippen LogP contribution in [0.1, 0.15) is 44.7 Å². The maximum Gasteiger partial charge on any atom is 0.256 e. The maximum absolute atomic E-state index is 13.3. The van der Waals surface area contributed by atoms with Crippen LogP contribution in [-0.2, 0) is 0 Å². The Kier molecular flexibility index (Phi) is 6.52. The number of hydrogen-bond donors (Lipinski definition) is 0. The molecule has 1 fully saturated rings. The zero-order valence-electron chi connectivity index (χ0n) is 17.9. The second kappa shape index (κ2) is 9.48. The van der Waals surface area contributed by atoms with Crippen LogP contribution < -0.4 is 0 Å². The van der Waals surface area contributed by atoms with Crippen LogP contribution in [0.3, 0.4) is 0 Å². The number of pyridine rings is 1. The average molecular weight is 431 g/mol. The van der Waals surface area contributed by atoms with E-state index >= 15 is 0 Å². The number of carbonyl (C=O) groups excluding carboxylic acids is 2. The summed E-state index contributed by atoms with van der Waals surface area (Å²) in [4.78, 5) is 33.4. The number of aryl methyl sites for hydroxylation is 2. The van der Waals surface area contributed by atoms with Gasteiger partial charge in [0.2, 0.25) is 0 Å². The lowest BCUT2D eigenvalue weighted by atomic mass is 9.88. The number of benzene rings is 2. The van der Waals surface area contributed by atoms with Gasteiger partial charge in [0.05, 0.1) is 5.56 Å². The number of carbonyl (C=O) groups is 2. The molecule has 0 atom stereocenters. The van der Waals surface area contributed by atoms with E-state index in [1.165, 1.54) is 22.9 Å². The Hall–Kier alpha value is -2.92. The molecule has 1 amide bonds. The number of Topliss-reactive ketones (excluding diaryl/α,β-unsaturated/α-hetero) is 1. The van der Waals surface area contributed by atoms with Crippen LogP contribution in [0, 0.1) is 19.8 Å². The van der Waals surface area contributed by atoms with Gasteiger partial charge < -0.3 is 4.90 Å². The second-order valence-corrected chi connectivity index (χ2v) is 9.06. The van der Waals surface area contributed by atoms with Gasteiger partial charge in [0.1, 0.15) is 5.03 Å². The molecule has 5 heteroatoms. The van der Waals surface area contributed by atoms with E-state index in [4.69, 9.17) is 0 Å². The van der Waals surface area contributed by atoms with Crippen LogP contribution in [0.15, 0.2) is 76.8 Å². The second-order valence-electron chi connectivity index (χ2n) is 8.00. The lowest BCUT2D eigenvalue weighted by Crippen LogP contribution is -2.40. The largest absolute Gasteiger partial charge is 0.339 e. The molecule has 4 nitrogen and oxygen atoms in total. The van der Waals surface area contributed by atoms with E-state index < -0.39 is 0 Å². The Bertz CT molecular complexity index is 1090. The van der Waals surface area contributed by atoms with E-state index in [0.717, 1.165) is 15.5 Å². The third kappa shape index (κ3) is 4.88. The minimum absolute atomic E-state index is 0.00922. The van der Waals surface area contributed by atoms with Crippen LogP contribution in [-0.4, -0.2) is 34.7 Å². The molecule has 0 radical (unpaired) electrons. The highest BCUT2D eigenvalue weighted by Gasteiger charge is 2.29. The first-order valence-corrected chi connectivity index (χ1v) is 11.4. The van der Waals surface area contributed by atoms with E-state index in [2.05, 4.69) is 37.0 Å². The van der Waals surface area contributed by atoms with Crippen LogP contribution in [0.5, 0.6) is 0 Å². The van der Waals surface area contributed by atoms with Gasteiger partial charge in [-0.05, 0) is 62.1 Å². The van der Waals surface area contributed by atoms with Gasteiger partial charge in [0.25, 0.3) is 5.91 Å². The summed E-state index contributed by atoms with van der Waals surface area (Å²) in [6.45, 7) is 5.35. The molecular weight excluding hydrogens is 404 g/mol. The topological polar surface area (TPSA) is 50.3 Å². The highest BCUT2D eigenvalue weighted by atomic mass is 32.2. The number of amides is 1. The Morgan fingerprint density at radius 3 is 2.39 bits per heavy atom. The molecule has 4 rings (SSSR count). The molecule has 0 bridgehead atoms. The summed E-state index contributed by atoms with van der Waals surface area (Å²) in [6.07, 6.45) is 3.11. The highest BCUT2D eigenvalue weighted by Crippen LogP contribution is 2.31. The van der Waals surface area contributed by atoms with Crippen molar-refractivity contribution < 1.29 is 9.59 Å². The molecular formula is C26H26N2O2S. The van der Waals surface area contributed by atoms with E-state index in [1.807, 2.05) is 47.4 Å². The Balaban J connectivity index is 1.44. The standard InChI is InChI=1S/C26H26N2O2S/c1-18-10-11-22(17-19(18)2)31-25-23(9-6-14-27-25)26(30)28-15-12-21(13-16-28)24(29)20-7-4-3-5-8-20/h3-11,14,17,21H,12-13,15-16H2,1-2H3. The van der Waals surface area contributed by atoms with Crippen LogP contribution in [0.4, 0.5) is 0 Å². The first-order chi connectivity index (χ1) is 15.0. The Morgan fingerprint density at radius 2 is 1.68 bits per heavy atom. The van der Waals surface area contributed by atoms with Gasteiger partial charge >= 0.3 is 0 Å². The molecule has 3 aromatic rings. The predicted octanol–water partition coefficient (Wildman–Crippen LogP) is 5.58. The van der Waals surface area contributed by atoms with Gasteiger partial charge in [0.15, 0.2) is 5.78 Å². The third-order valence-corrected chi connectivity index (χ3v) is 6.91. The summed E-state index contributed by atoms with van der Waals surface area (Å²) in [5, 5.41) is 0.721. The quantitative estimate of drug-likeness (QED) is 0.496. The number of nitrogens with zero attached hydrogens (tertiary/aromatic N) is 2. The minimum atomic E-state index is -0.0234. The normalized spacial score (nSPS) is 14.5. The molecule has 0 unspecified atom stereocenters. The van der Waals surface area contributed by atoms with Crippen molar-refractivity contribution in [2.45, 2.75) is 36.6 Å². The van der Waals surface area contributed by atoms with Crippen molar-refractivity contribution in [3.63, 3.8) is 0 Å². The lowest BCUT2D eigenvalue weighted by molar-refractivity contribution is 0.0647. The van der Waals surface area contributed by atoms with Crippen molar-refractivity contribution in [3.05, 3.63) is 89.1 Å². The van der Waals surface area contributed by atoms with E-state index in [0.29, 0.717) is 31.5 Å². The summed E-state index contributed by atoms with van der Waals surface area (Å²) in [6, 6.07) is 19.4. The lowest BCUT2D eigenvalue weighted by Gasteiger charge is -2.31. The van der Waals surface area contributed by atoms with Crippen molar-refractivity contribution in [1.29, 1.82) is 0 Å². The monoisotopic (exact) mass is 430 g/mol. The molecule has 1 saturated heterocycles. The summed E-state index contributed by atoms with van der Waals surface area (Å²) in [5.41, 5.74) is 3.85. The van der Waals surface area contributed by atoms with Crippen molar-refractivity contribution in [1.82, 2.24) is 9.88 Å². The third-order valence-electron chi connectivity index (χ3n) is 5.91. The van der Waals surface area contributed by atoms with Gasteiger partial charge in [-0.25, -0.2) is 4.98 Å². The van der Waals surface area contributed by atoms with E-state index in [9.17, 15) is 9.59 Å². The van der Waals surface area contributed by atoms with Crippen LogP contribution >= 0.6 is 11.8 Å². The van der Waals surface area contributed by atoms with Gasteiger partial charge in [0, 0.05) is 35.7 Å². The summed E-state index contributed by atoms with van der Waals surface area (Å²) >= 11 is 1.52. The molecule has 31 heavy (non-hydrogen) atoms. The number of aromatic nitrogens is 1. The molecule has 0 aliphatic carbocycles. The fourth-order valence-electron chi connectivity index (χ4n) is 3.88. The smallest absolute Gasteiger partial charge is 0.256 e. The molecule has 0 saturated carbocycles. The fraction of sp³-hybridized carbons (Fsp3) is 0.269. The molecule has 0 N–H and O–H groups in total. The first-order valence-electron chi connectivity index (χ1n) is 10.6. The zero-order chi connectivity index (χ0) is 21.8. The number of piperidine rings is 1. The van der Waals surface area contributed by atoms with E-state index in [-0.39, 0.29) is 17.6 Å². The van der Waals surface area contributed by atoms with Gasteiger partial charge in [-0.1, -0.05) is 48.2 Å². The first kappa shape index (κ1) is 21.3. The molecule has 2 aromatic carbocycles. The summed E-state index contributed by atoms with van der Waals surface area (Å²) in [5.74, 6) is 0.148. The zero-order valence-corrected chi connectivity index (χ0v) is 18.7. The highest BCUT2D eigenvalue weighted by molar-refractivity contribution is 7.99. The summed E-state index contributed by atoms with van der Waals surface area (Å²) in [7, 11) is 0. The van der Waals surface area contributed by atoms with E-state index in [1.54, 1.807) is 6.20 Å². The van der Waals surface area contributed by atoms with Crippen LogP contribution in [0.2, 0.25) is 0 Å². The van der Waals surface area contributed by atoms with Crippen LogP contribution in [0.25, 0.3) is 0 Å². The molecule has 1 aliphatic rings. The van der Waals surface area contributed by atoms with Gasteiger partial charge in [-0.2, -0.15) is 0 Å². The molecule has 0 spiro atoms. The van der Waals surface area contributed by atoms with Gasteiger partial charge in [-0.3, -0.25) is 9.59 Å². The number of hydrogen-bond acceptors (Lipinski definition) is 4. The van der Waals surface area contributed by atoms with Gasteiger partial charge in [-0.15, -0.1) is 0 Å². The molecule has 1 aliphatic heterocycles. The average Bonchev–Trinajstić information content (AvgIpc) is 2.81. The molecule has 158 valence electrons. The fourth-order valence-corrected chi connectivity index (χ4v) is 4.85. The SMILES string of the molecule is Cc1ccc(Sc2ncccc2C(=O)N2CCC(C(=O)c3ccccc3)CC2)cc1C. The number of likely N-dealkylation sites (tertiary alicyclic amines) is 1. The molecule has 1 aromatic heterocycles. The molecule has 2 heterocycles. The number of rotatable bonds is 5. The Labute approximate surface area is 187 Å². The minimum Gasteiger partial charge on any atom is -0.339 e. The van der Waals surface area contributed by atoms with Crippen molar-refractivity contribution in [2.75, 3.05) is 13.1 Å².